The van der Waals surface area contributed by atoms with Gasteiger partial charge in [0.25, 0.3) is 0 Å². The third kappa shape index (κ3) is 3.42. The molecule has 0 aliphatic rings. The molecule has 0 heterocycles. The Kier molecular flexibility index (Phi) is 4.86. The molecular formula is C15H16O3S2. The summed E-state index contributed by atoms with van der Waals surface area (Å²) < 4.78 is 24.1. The summed E-state index contributed by atoms with van der Waals surface area (Å²) in [5, 5.41) is 9.01. The lowest BCUT2D eigenvalue weighted by Crippen LogP contribution is -2.04. The van der Waals surface area contributed by atoms with Gasteiger partial charge in [0, 0.05) is 9.79 Å². The maximum absolute atomic E-state index is 12.1. The van der Waals surface area contributed by atoms with Gasteiger partial charge in [0.15, 0.2) is 9.84 Å². The first-order valence-electron chi connectivity index (χ1n) is 6.26. The molecule has 0 radical (unpaired) electrons. The van der Waals surface area contributed by atoms with Gasteiger partial charge in [0.05, 0.1) is 17.3 Å². The number of aliphatic hydroxyl groups excluding tert-OH is 1. The van der Waals surface area contributed by atoms with Gasteiger partial charge in [-0.15, -0.1) is 0 Å². The van der Waals surface area contributed by atoms with E-state index in [1.807, 2.05) is 36.4 Å². The Hall–Kier alpha value is -1.30. The van der Waals surface area contributed by atoms with Crippen molar-refractivity contribution in [2.24, 2.45) is 0 Å². The van der Waals surface area contributed by atoms with Crippen LogP contribution in [0.5, 0.6) is 0 Å². The van der Waals surface area contributed by atoms with Gasteiger partial charge in [0.1, 0.15) is 0 Å². The molecule has 106 valence electrons. The van der Waals surface area contributed by atoms with Gasteiger partial charge in [-0.2, -0.15) is 0 Å². The first kappa shape index (κ1) is 15.1. The van der Waals surface area contributed by atoms with Crippen LogP contribution in [0.25, 0.3) is 0 Å². The van der Waals surface area contributed by atoms with Crippen molar-refractivity contribution in [3.05, 3.63) is 54.1 Å². The Morgan fingerprint density at radius 3 is 2.30 bits per heavy atom. The molecule has 0 amide bonds. The number of sulfone groups is 1. The van der Waals surface area contributed by atoms with E-state index in [2.05, 4.69) is 0 Å². The lowest BCUT2D eigenvalue weighted by Gasteiger charge is -2.09. The fourth-order valence-electron chi connectivity index (χ4n) is 1.74. The van der Waals surface area contributed by atoms with E-state index >= 15 is 0 Å². The lowest BCUT2D eigenvalue weighted by molar-refractivity contribution is 0.282. The fraction of sp³-hybridized carbons (Fsp3) is 0.200. The minimum Gasteiger partial charge on any atom is -0.392 e. The SMILES string of the molecule is CCS(=O)(=O)c1ccccc1Sc1ccc(CO)cc1. The Morgan fingerprint density at radius 1 is 1.05 bits per heavy atom. The third-order valence-corrected chi connectivity index (χ3v) is 5.90. The van der Waals surface area contributed by atoms with Gasteiger partial charge >= 0.3 is 0 Å². The molecule has 0 bridgehead atoms. The topological polar surface area (TPSA) is 54.4 Å². The van der Waals surface area contributed by atoms with Crippen molar-refractivity contribution < 1.29 is 13.5 Å². The standard InChI is InChI=1S/C15H16O3S2/c1-2-20(17,18)15-6-4-3-5-14(15)19-13-9-7-12(11-16)8-10-13/h3-10,16H,2,11H2,1H3. The maximum Gasteiger partial charge on any atom is 0.179 e. The van der Waals surface area contributed by atoms with Crippen molar-refractivity contribution in [1.82, 2.24) is 0 Å². The second-order valence-electron chi connectivity index (χ2n) is 4.25. The van der Waals surface area contributed by atoms with Crippen LogP contribution in [-0.4, -0.2) is 19.3 Å². The van der Waals surface area contributed by atoms with Crippen molar-refractivity contribution in [2.45, 2.75) is 28.2 Å². The number of benzene rings is 2. The van der Waals surface area contributed by atoms with Crippen LogP contribution in [0, 0.1) is 0 Å². The van der Waals surface area contributed by atoms with Crippen molar-refractivity contribution in [3.63, 3.8) is 0 Å². The normalized spacial score (nSPS) is 11.5. The first-order chi connectivity index (χ1) is 9.56. The maximum atomic E-state index is 12.1. The molecule has 0 saturated heterocycles. The summed E-state index contributed by atoms with van der Waals surface area (Å²) in [4.78, 5) is 2.05. The second-order valence-corrected chi connectivity index (χ2v) is 7.62. The molecule has 2 rings (SSSR count). The number of aliphatic hydroxyl groups is 1. The number of hydrogen-bond acceptors (Lipinski definition) is 4. The molecule has 5 heteroatoms. The summed E-state index contributed by atoms with van der Waals surface area (Å²) in [6.07, 6.45) is 0. The minimum atomic E-state index is -3.22. The lowest BCUT2D eigenvalue weighted by atomic mass is 10.2. The summed E-state index contributed by atoms with van der Waals surface area (Å²) >= 11 is 1.41. The molecule has 20 heavy (non-hydrogen) atoms. The van der Waals surface area contributed by atoms with Gasteiger partial charge < -0.3 is 5.11 Å². The predicted octanol–water partition coefficient (Wildman–Crippen LogP) is 3.12. The van der Waals surface area contributed by atoms with Gasteiger partial charge in [-0.25, -0.2) is 8.42 Å². The van der Waals surface area contributed by atoms with Crippen molar-refractivity contribution in [3.8, 4) is 0 Å². The zero-order valence-electron chi connectivity index (χ0n) is 11.1. The zero-order valence-corrected chi connectivity index (χ0v) is 12.7. The van der Waals surface area contributed by atoms with Gasteiger partial charge in [0.2, 0.25) is 0 Å². The highest BCUT2D eigenvalue weighted by molar-refractivity contribution is 8.00. The summed E-state index contributed by atoms with van der Waals surface area (Å²) in [6.45, 7) is 1.65. The Balaban J connectivity index is 2.34. The van der Waals surface area contributed by atoms with E-state index in [0.29, 0.717) is 4.90 Å². The van der Waals surface area contributed by atoms with E-state index in [9.17, 15) is 8.42 Å². The highest BCUT2D eigenvalue weighted by Gasteiger charge is 2.16. The van der Waals surface area contributed by atoms with Gasteiger partial charge in [-0.1, -0.05) is 43.0 Å². The smallest absolute Gasteiger partial charge is 0.179 e. The molecule has 1 N–H and O–H groups in total. The molecule has 3 nitrogen and oxygen atoms in total. The average Bonchev–Trinajstić information content (AvgIpc) is 2.48. The van der Waals surface area contributed by atoms with E-state index in [1.165, 1.54) is 11.8 Å². The van der Waals surface area contributed by atoms with Crippen LogP contribution in [0.15, 0.2) is 63.2 Å². The quantitative estimate of drug-likeness (QED) is 0.922. The van der Waals surface area contributed by atoms with Gasteiger partial charge in [-0.3, -0.25) is 0 Å². The highest BCUT2D eigenvalue weighted by Crippen LogP contribution is 2.33. The summed E-state index contributed by atoms with van der Waals surface area (Å²) in [5.41, 5.74) is 0.837. The average molecular weight is 308 g/mol. The van der Waals surface area contributed by atoms with Crippen LogP contribution in [0.1, 0.15) is 12.5 Å². The Morgan fingerprint density at radius 2 is 1.70 bits per heavy atom. The molecule has 0 spiro atoms. The molecule has 0 saturated carbocycles. The molecule has 0 atom stereocenters. The summed E-state index contributed by atoms with van der Waals surface area (Å²) in [6, 6.07) is 14.5. The number of hydrogen-bond donors (Lipinski definition) is 1. The Labute approximate surface area is 123 Å². The molecular weight excluding hydrogens is 292 g/mol. The second kappa shape index (κ2) is 6.43. The van der Waals surface area contributed by atoms with E-state index < -0.39 is 9.84 Å². The van der Waals surface area contributed by atoms with Crippen molar-refractivity contribution in [1.29, 1.82) is 0 Å². The van der Waals surface area contributed by atoms with Crippen LogP contribution in [-0.2, 0) is 16.4 Å². The molecule has 0 unspecified atom stereocenters. The zero-order chi connectivity index (χ0) is 14.6. The van der Waals surface area contributed by atoms with Crippen molar-refractivity contribution in [2.75, 3.05) is 5.75 Å². The van der Waals surface area contributed by atoms with Gasteiger partial charge in [-0.05, 0) is 29.8 Å². The highest BCUT2D eigenvalue weighted by atomic mass is 32.2. The summed E-state index contributed by atoms with van der Waals surface area (Å²) in [7, 11) is -3.22. The van der Waals surface area contributed by atoms with Crippen molar-refractivity contribution >= 4 is 21.6 Å². The fourth-order valence-corrected chi connectivity index (χ4v) is 4.06. The largest absolute Gasteiger partial charge is 0.392 e. The number of rotatable bonds is 5. The Bertz CT molecular complexity index is 677. The van der Waals surface area contributed by atoms with Crippen LogP contribution < -0.4 is 0 Å². The van der Waals surface area contributed by atoms with Crippen LogP contribution in [0.4, 0.5) is 0 Å². The molecule has 2 aromatic carbocycles. The van der Waals surface area contributed by atoms with E-state index in [1.54, 1.807) is 19.1 Å². The van der Waals surface area contributed by atoms with E-state index in [-0.39, 0.29) is 12.4 Å². The molecule has 0 aliphatic carbocycles. The molecule has 0 fully saturated rings. The minimum absolute atomic E-state index is 0.00570. The van der Waals surface area contributed by atoms with Crippen LogP contribution >= 0.6 is 11.8 Å². The molecule has 2 aromatic rings. The van der Waals surface area contributed by atoms with E-state index in [4.69, 9.17) is 5.11 Å². The third-order valence-electron chi connectivity index (χ3n) is 2.90. The van der Waals surface area contributed by atoms with Crippen LogP contribution in [0.2, 0.25) is 0 Å². The molecule has 0 aromatic heterocycles. The monoisotopic (exact) mass is 308 g/mol. The summed E-state index contributed by atoms with van der Waals surface area (Å²) in [5.74, 6) is 0.0913. The van der Waals surface area contributed by atoms with Crippen LogP contribution in [0.3, 0.4) is 0 Å². The van der Waals surface area contributed by atoms with E-state index in [0.717, 1.165) is 15.4 Å². The molecule has 0 aliphatic heterocycles. The first-order valence-corrected chi connectivity index (χ1v) is 8.73. The predicted molar refractivity (Wildman–Crippen MR) is 80.7 cm³/mol.